The minimum Gasteiger partial charge on any atom is -0.484 e. The Hall–Kier alpha value is -3.38. The van der Waals surface area contributed by atoms with Gasteiger partial charge in [-0.25, -0.2) is 4.79 Å². The van der Waals surface area contributed by atoms with Crippen molar-refractivity contribution in [2.24, 2.45) is 0 Å². The lowest BCUT2D eigenvalue weighted by Crippen LogP contribution is -2.64. The van der Waals surface area contributed by atoms with Crippen LogP contribution in [0.1, 0.15) is 78.6 Å². The topological polar surface area (TPSA) is 57.2 Å². The van der Waals surface area contributed by atoms with Crippen molar-refractivity contribution < 1.29 is 36.6 Å². The van der Waals surface area contributed by atoms with Crippen LogP contribution in [0.4, 0.5) is 13.2 Å². The fourth-order valence-electron chi connectivity index (χ4n) is 6.61. The SMILES string of the molecule is COC(O[Si](C)(C)C)(C(Oc1ccc(CCCN(C)CC(c2ccc(Cl)cc2)c2ccc(Cl)cc2)cc1)C(C)c1cccc(C(=O)OC(C)(C)C)c1)C(F)(F)F. The van der Waals surface area contributed by atoms with E-state index in [4.69, 9.17) is 41.8 Å². The molecule has 0 saturated heterocycles. The zero-order chi connectivity index (χ0) is 41.5. The van der Waals surface area contributed by atoms with Crippen LogP contribution in [-0.4, -0.2) is 70.1 Å². The molecule has 0 aliphatic rings. The normalized spacial score (nSPS) is 14.7. The molecule has 3 unspecified atom stereocenters. The van der Waals surface area contributed by atoms with Gasteiger partial charge in [0.1, 0.15) is 11.4 Å². The molecular formula is C44H54Cl2F3NO5Si. The number of likely N-dealkylation sites (N-methyl/N-ethyl adjacent to an activating group) is 1. The Morgan fingerprint density at radius 2 is 1.38 bits per heavy atom. The summed E-state index contributed by atoms with van der Waals surface area (Å²) in [5.74, 6) is -4.31. The Kier molecular flexibility index (Phi) is 15.3. The van der Waals surface area contributed by atoms with Crippen LogP contribution in [0.15, 0.2) is 97.1 Å². The first-order chi connectivity index (χ1) is 26.1. The zero-order valence-electron chi connectivity index (χ0n) is 33.7. The van der Waals surface area contributed by atoms with Crippen LogP contribution >= 0.6 is 23.2 Å². The number of hydrogen-bond donors (Lipinski definition) is 0. The van der Waals surface area contributed by atoms with Crippen molar-refractivity contribution >= 4 is 37.5 Å². The quantitative estimate of drug-likeness (QED) is 0.0600. The van der Waals surface area contributed by atoms with Gasteiger partial charge in [0, 0.05) is 35.5 Å². The summed E-state index contributed by atoms with van der Waals surface area (Å²) in [6.45, 7) is 13.4. The molecular weight excluding hydrogens is 778 g/mol. The summed E-state index contributed by atoms with van der Waals surface area (Å²) < 4.78 is 69.0. The molecule has 0 bridgehead atoms. The molecule has 0 fully saturated rings. The van der Waals surface area contributed by atoms with Crippen LogP contribution in [-0.2, 0) is 20.3 Å². The first kappa shape index (κ1) is 45.3. The fraction of sp³-hybridized carbons (Fsp3) is 0.432. The van der Waals surface area contributed by atoms with E-state index >= 15 is 13.2 Å². The van der Waals surface area contributed by atoms with E-state index in [9.17, 15) is 4.79 Å². The Bertz CT molecular complexity index is 1820. The van der Waals surface area contributed by atoms with Crippen LogP contribution in [0.2, 0.25) is 29.7 Å². The number of benzene rings is 4. The third-order valence-corrected chi connectivity index (χ3v) is 10.7. The van der Waals surface area contributed by atoms with Gasteiger partial charge in [-0.2, -0.15) is 13.2 Å². The molecule has 0 amide bonds. The molecule has 0 spiro atoms. The predicted molar refractivity (Wildman–Crippen MR) is 222 cm³/mol. The van der Waals surface area contributed by atoms with E-state index in [1.807, 2.05) is 60.7 Å². The maximum Gasteiger partial charge on any atom is 0.446 e. The highest BCUT2D eigenvalue weighted by molar-refractivity contribution is 6.69. The zero-order valence-corrected chi connectivity index (χ0v) is 36.2. The van der Waals surface area contributed by atoms with Gasteiger partial charge in [0.15, 0.2) is 14.4 Å². The summed E-state index contributed by atoms with van der Waals surface area (Å²) in [4.78, 5) is 15.2. The third kappa shape index (κ3) is 12.6. The molecule has 0 radical (unpaired) electrons. The average Bonchev–Trinajstić information content (AvgIpc) is 3.11. The van der Waals surface area contributed by atoms with Gasteiger partial charge < -0.3 is 23.5 Å². The Morgan fingerprint density at radius 3 is 1.86 bits per heavy atom. The number of aryl methyl sites for hydroxylation is 1. The Labute approximate surface area is 341 Å². The lowest BCUT2D eigenvalue weighted by atomic mass is 9.88. The molecule has 0 aliphatic carbocycles. The number of halogens is 5. The number of ether oxygens (including phenoxy) is 3. The highest BCUT2D eigenvalue weighted by Gasteiger charge is 2.66. The van der Waals surface area contributed by atoms with Crippen molar-refractivity contribution in [1.29, 1.82) is 0 Å². The molecule has 3 atom stereocenters. The number of methoxy groups -OCH3 is 1. The molecule has 304 valence electrons. The second-order valence-electron chi connectivity index (χ2n) is 16.2. The third-order valence-electron chi connectivity index (χ3n) is 9.26. The van der Waals surface area contributed by atoms with Crippen LogP contribution in [0.25, 0.3) is 0 Å². The molecule has 0 N–H and O–H groups in total. The largest absolute Gasteiger partial charge is 0.484 e. The van der Waals surface area contributed by atoms with E-state index in [2.05, 4.69) is 11.9 Å². The summed E-state index contributed by atoms with van der Waals surface area (Å²) in [5, 5.41) is 1.36. The van der Waals surface area contributed by atoms with Crippen LogP contribution in [0.5, 0.6) is 5.75 Å². The molecule has 4 rings (SSSR count). The number of esters is 1. The van der Waals surface area contributed by atoms with Crippen molar-refractivity contribution in [2.45, 2.75) is 95.7 Å². The molecule has 0 aliphatic heterocycles. The number of alkyl halides is 3. The van der Waals surface area contributed by atoms with Crippen molar-refractivity contribution in [3.63, 3.8) is 0 Å². The van der Waals surface area contributed by atoms with Crippen LogP contribution in [0, 0.1) is 0 Å². The van der Waals surface area contributed by atoms with Gasteiger partial charge >= 0.3 is 12.1 Å². The molecule has 4 aromatic rings. The summed E-state index contributed by atoms with van der Waals surface area (Å²) in [5.41, 5.74) is 3.21. The van der Waals surface area contributed by atoms with Gasteiger partial charge in [-0.05, 0) is 138 Å². The number of carbonyl (C=O) groups excluding carboxylic acids is 1. The number of hydrogen-bond acceptors (Lipinski definition) is 6. The van der Waals surface area contributed by atoms with Gasteiger partial charge in [-0.3, -0.25) is 0 Å². The fourth-order valence-corrected chi connectivity index (χ4v) is 8.08. The maximum absolute atomic E-state index is 15.3. The van der Waals surface area contributed by atoms with Gasteiger partial charge in [0.05, 0.1) is 5.56 Å². The van der Waals surface area contributed by atoms with Crippen molar-refractivity contribution in [2.75, 3.05) is 27.2 Å². The summed E-state index contributed by atoms with van der Waals surface area (Å²) >= 11 is 12.4. The Morgan fingerprint density at radius 1 is 0.821 bits per heavy atom. The van der Waals surface area contributed by atoms with Crippen molar-refractivity contribution in [3.05, 3.63) is 135 Å². The first-order valence-corrected chi connectivity index (χ1v) is 22.9. The van der Waals surface area contributed by atoms with Gasteiger partial charge in [0.25, 0.3) is 5.79 Å². The van der Waals surface area contributed by atoms with Crippen molar-refractivity contribution in [3.8, 4) is 5.75 Å². The lowest BCUT2D eigenvalue weighted by molar-refractivity contribution is -0.376. The Balaban J connectivity index is 1.53. The lowest BCUT2D eigenvalue weighted by Gasteiger charge is -2.45. The second-order valence-corrected chi connectivity index (χ2v) is 21.5. The summed E-state index contributed by atoms with van der Waals surface area (Å²) in [6.07, 6.45) is -5.07. The van der Waals surface area contributed by atoms with Crippen molar-refractivity contribution in [1.82, 2.24) is 4.90 Å². The highest BCUT2D eigenvalue weighted by Crippen LogP contribution is 2.45. The van der Waals surface area contributed by atoms with E-state index in [-0.39, 0.29) is 17.2 Å². The monoisotopic (exact) mass is 831 g/mol. The standard InChI is InChI=1S/C44H54Cl2F3NO5Si/c1-30(34-13-10-14-35(28-34)41(51)54-42(2,3)4)40(43(52-6,44(47,48)49)55-56(7,8)9)53-38-25-15-31(16-26-38)12-11-27-50(5)29-39(32-17-21-36(45)22-18-32)33-19-23-37(46)24-20-33/h10,13-26,28,30,39-40H,11-12,27,29H2,1-9H3. The molecule has 12 heteroatoms. The second kappa shape index (κ2) is 18.9. The summed E-state index contributed by atoms with van der Waals surface area (Å²) in [6, 6.07) is 29.3. The predicted octanol–water partition coefficient (Wildman–Crippen LogP) is 12.0. The summed E-state index contributed by atoms with van der Waals surface area (Å²) in [7, 11) is 0.169. The van der Waals surface area contributed by atoms with Gasteiger partial charge in [0.2, 0.25) is 0 Å². The van der Waals surface area contributed by atoms with E-state index in [1.165, 1.54) is 6.07 Å². The number of carbonyl (C=O) groups is 1. The van der Waals surface area contributed by atoms with Gasteiger partial charge in [-0.1, -0.05) is 78.7 Å². The molecule has 0 saturated carbocycles. The molecule has 56 heavy (non-hydrogen) atoms. The van der Waals surface area contributed by atoms with E-state index in [1.54, 1.807) is 77.7 Å². The van der Waals surface area contributed by atoms with Crippen LogP contribution < -0.4 is 4.74 Å². The number of nitrogens with zero attached hydrogens (tertiary/aromatic N) is 1. The molecule has 0 heterocycles. The molecule has 4 aromatic carbocycles. The minimum absolute atomic E-state index is 0.113. The number of rotatable bonds is 17. The average molecular weight is 833 g/mol. The highest BCUT2D eigenvalue weighted by atomic mass is 35.5. The minimum atomic E-state index is -4.98. The molecule has 0 aromatic heterocycles. The van der Waals surface area contributed by atoms with E-state index < -0.39 is 43.9 Å². The van der Waals surface area contributed by atoms with E-state index in [0.29, 0.717) is 15.6 Å². The van der Waals surface area contributed by atoms with Crippen LogP contribution in [0.3, 0.4) is 0 Å². The smallest absolute Gasteiger partial charge is 0.446 e. The van der Waals surface area contributed by atoms with Gasteiger partial charge in [-0.15, -0.1) is 0 Å². The van der Waals surface area contributed by atoms with E-state index in [0.717, 1.165) is 49.7 Å². The molecule has 6 nitrogen and oxygen atoms in total. The first-order valence-electron chi connectivity index (χ1n) is 18.7. The maximum atomic E-state index is 15.3.